The Bertz CT molecular complexity index is 594. The Hall–Kier alpha value is -1.31. The maximum Gasteiger partial charge on any atom is 0.337 e. The SMILES string of the molecule is COC(=O)C1=COC(OC2OC(CO)C(O)C(O)C2O)C2C1CC(O)C2CO. The van der Waals surface area contributed by atoms with Gasteiger partial charge >= 0.3 is 5.97 Å². The molecular weight excluding hydrogens is 380 g/mol. The molecule has 0 aromatic rings. The second-order valence-corrected chi connectivity index (χ2v) is 7.24. The minimum atomic E-state index is -1.63. The molecule has 0 aromatic carbocycles. The van der Waals surface area contributed by atoms with E-state index in [1.807, 2.05) is 0 Å². The van der Waals surface area contributed by atoms with Gasteiger partial charge in [0.2, 0.25) is 6.29 Å². The predicted molar refractivity (Wildman–Crippen MR) is 88.0 cm³/mol. The highest BCUT2D eigenvalue weighted by Crippen LogP contribution is 2.47. The number of carbonyl (C=O) groups is 1. The van der Waals surface area contributed by atoms with Crippen LogP contribution in [0.1, 0.15) is 6.42 Å². The first-order valence-corrected chi connectivity index (χ1v) is 9.02. The molecule has 28 heavy (non-hydrogen) atoms. The molecule has 2 heterocycles. The van der Waals surface area contributed by atoms with Crippen molar-refractivity contribution in [2.75, 3.05) is 20.3 Å². The third-order valence-electron chi connectivity index (χ3n) is 5.74. The molecule has 3 rings (SSSR count). The molecular formula is C17H26O11. The molecule has 10 unspecified atom stereocenters. The monoisotopic (exact) mass is 406 g/mol. The minimum absolute atomic E-state index is 0.175. The summed E-state index contributed by atoms with van der Waals surface area (Å²) < 4.78 is 21.2. The molecule has 6 N–H and O–H groups in total. The van der Waals surface area contributed by atoms with Gasteiger partial charge < -0.3 is 49.6 Å². The van der Waals surface area contributed by atoms with Crippen molar-refractivity contribution in [1.29, 1.82) is 0 Å². The number of esters is 1. The summed E-state index contributed by atoms with van der Waals surface area (Å²) in [6.07, 6.45) is -8.14. The lowest BCUT2D eigenvalue weighted by Crippen LogP contribution is -2.60. The van der Waals surface area contributed by atoms with Gasteiger partial charge in [-0.05, 0) is 6.42 Å². The molecule has 11 nitrogen and oxygen atoms in total. The number of rotatable bonds is 5. The number of aliphatic hydroxyl groups excluding tert-OH is 6. The van der Waals surface area contributed by atoms with Crippen molar-refractivity contribution in [3.63, 3.8) is 0 Å². The van der Waals surface area contributed by atoms with Crippen LogP contribution in [0.15, 0.2) is 11.8 Å². The highest BCUT2D eigenvalue weighted by atomic mass is 16.8. The molecule has 2 aliphatic heterocycles. The van der Waals surface area contributed by atoms with E-state index < -0.39 is 80.0 Å². The van der Waals surface area contributed by atoms with Gasteiger partial charge in [-0.25, -0.2) is 4.79 Å². The molecule has 11 heteroatoms. The maximum absolute atomic E-state index is 12.0. The lowest BCUT2D eigenvalue weighted by Gasteiger charge is -2.43. The summed E-state index contributed by atoms with van der Waals surface area (Å²) in [6.45, 7) is -1.01. The van der Waals surface area contributed by atoms with Gasteiger partial charge in [-0.3, -0.25) is 0 Å². The Morgan fingerprint density at radius 1 is 1.11 bits per heavy atom. The van der Waals surface area contributed by atoms with Crippen molar-refractivity contribution in [3.05, 3.63) is 11.8 Å². The number of carbonyl (C=O) groups excluding carboxylic acids is 1. The highest BCUT2D eigenvalue weighted by molar-refractivity contribution is 5.89. The molecule has 0 spiro atoms. The van der Waals surface area contributed by atoms with Gasteiger partial charge in [0.15, 0.2) is 6.29 Å². The number of fused-ring (bicyclic) bond motifs is 1. The van der Waals surface area contributed by atoms with E-state index in [0.29, 0.717) is 0 Å². The van der Waals surface area contributed by atoms with E-state index in [1.165, 1.54) is 7.11 Å². The second-order valence-electron chi connectivity index (χ2n) is 7.24. The van der Waals surface area contributed by atoms with Crippen LogP contribution in [0.25, 0.3) is 0 Å². The average Bonchev–Trinajstić information content (AvgIpc) is 3.04. The van der Waals surface area contributed by atoms with Crippen molar-refractivity contribution in [3.8, 4) is 0 Å². The van der Waals surface area contributed by atoms with Gasteiger partial charge in [0.25, 0.3) is 0 Å². The molecule has 2 fully saturated rings. The third-order valence-corrected chi connectivity index (χ3v) is 5.74. The van der Waals surface area contributed by atoms with Crippen LogP contribution in [0.4, 0.5) is 0 Å². The number of hydrogen-bond acceptors (Lipinski definition) is 11. The summed E-state index contributed by atoms with van der Waals surface area (Å²) in [5.41, 5.74) is 0.191. The van der Waals surface area contributed by atoms with Gasteiger partial charge in [-0.1, -0.05) is 0 Å². The van der Waals surface area contributed by atoms with E-state index in [0.717, 1.165) is 6.26 Å². The summed E-state index contributed by atoms with van der Waals surface area (Å²) in [5.74, 6) is -2.49. The van der Waals surface area contributed by atoms with Crippen molar-refractivity contribution >= 4 is 5.97 Å². The van der Waals surface area contributed by atoms with Crippen LogP contribution in [0.2, 0.25) is 0 Å². The standard InChI is InChI=1S/C17H26O11/c1-25-15(24)8-5-26-16(11-6(8)2-9(20)7(11)3-18)28-17-14(23)13(22)12(21)10(4-19)27-17/h5-7,9-14,16-23H,2-4H2,1H3. The Balaban J connectivity index is 1.83. The van der Waals surface area contributed by atoms with Crippen molar-refractivity contribution < 1.29 is 54.4 Å². The third kappa shape index (κ3) is 3.64. The van der Waals surface area contributed by atoms with Crippen LogP contribution in [0, 0.1) is 17.8 Å². The largest absolute Gasteiger partial charge is 0.472 e. The van der Waals surface area contributed by atoms with E-state index in [1.54, 1.807) is 0 Å². The molecule has 1 saturated heterocycles. The van der Waals surface area contributed by atoms with E-state index in [4.69, 9.17) is 18.9 Å². The van der Waals surface area contributed by atoms with Gasteiger partial charge in [0, 0.05) is 24.4 Å². The van der Waals surface area contributed by atoms with Crippen LogP contribution >= 0.6 is 0 Å². The topological polar surface area (TPSA) is 175 Å². The Morgan fingerprint density at radius 2 is 1.82 bits per heavy atom. The number of methoxy groups -OCH3 is 1. The van der Waals surface area contributed by atoms with Crippen LogP contribution in [-0.2, 0) is 23.7 Å². The quantitative estimate of drug-likeness (QED) is 0.254. The van der Waals surface area contributed by atoms with Crippen LogP contribution < -0.4 is 0 Å². The molecule has 1 aliphatic carbocycles. The van der Waals surface area contributed by atoms with Crippen LogP contribution in [0.3, 0.4) is 0 Å². The fourth-order valence-corrected chi connectivity index (χ4v) is 4.19. The van der Waals surface area contributed by atoms with Crippen molar-refractivity contribution in [2.45, 2.75) is 49.5 Å². The Labute approximate surface area is 160 Å². The molecule has 160 valence electrons. The summed E-state index contributed by atoms with van der Waals surface area (Å²) in [7, 11) is 1.21. The lowest BCUT2D eigenvalue weighted by atomic mass is 9.83. The first-order valence-electron chi connectivity index (χ1n) is 9.02. The highest BCUT2D eigenvalue weighted by Gasteiger charge is 2.54. The average molecular weight is 406 g/mol. The predicted octanol–water partition coefficient (Wildman–Crippen LogP) is -3.18. The fraction of sp³-hybridized carbons (Fsp3) is 0.824. The zero-order valence-electron chi connectivity index (χ0n) is 15.2. The smallest absolute Gasteiger partial charge is 0.337 e. The molecule has 0 aromatic heterocycles. The van der Waals surface area contributed by atoms with Gasteiger partial charge in [0.1, 0.15) is 24.4 Å². The summed E-state index contributed by atoms with van der Waals surface area (Å²) >= 11 is 0. The normalized spacial score (nSPS) is 45.8. The van der Waals surface area contributed by atoms with E-state index in [-0.39, 0.29) is 12.0 Å². The van der Waals surface area contributed by atoms with Crippen LogP contribution in [0.5, 0.6) is 0 Å². The Kier molecular flexibility index (Phi) is 6.57. The molecule has 3 aliphatic rings. The molecule has 0 bridgehead atoms. The first kappa shape index (κ1) is 21.4. The molecule has 0 amide bonds. The van der Waals surface area contributed by atoms with Crippen LogP contribution in [-0.4, -0.2) is 100 Å². The zero-order valence-corrected chi connectivity index (χ0v) is 15.2. The summed E-state index contributed by atoms with van der Waals surface area (Å²) in [6, 6.07) is 0. The van der Waals surface area contributed by atoms with Crippen molar-refractivity contribution in [1.82, 2.24) is 0 Å². The number of aliphatic hydroxyl groups is 6. The molecule has 0 radical (unpaired) electrons. The fourth-order valence-electron chi connectivity index (χ4n) is 4.19. The second kappa shape index (κ2) is 8.59. The molecule has 1 saturated carbocycles. The number of ether oxygens (including phenoxy) is 4. The van der Waals surface area contributed by atoms with Crippen molar-refractivity contribution in [2.24, 2.45) is 17.8 Å². The lowest BCUT2D eigenvalue weighted by molar-refractivity contribution is -0.343. The Morgan fingerprint density at radius 3 is 2.43 bits per heavy atom. The summed E-state index contributed by atoms with van der Waals surface area (Å²) in [5, 5.41) is 59.2. The van der Waals surface area contributed by atoms with E-state index in [9.17, 15) is 35.4 Å². The van der Waals surface area contributed by atoms with E-state index in [2.05, 4.69) is 0 Å². The maximum atomic E-state index is 12.0. The number of hydrogen-bond donors (Lipinski definition) is 6. The molecule has 10 atom stereocenters. The summed E-state index contributed by atoms with van der Waals surface area (Å²) in [4.78, 5) is 12.0. The van der Waals surface area contributed by atoms with E-state index >= 15 is 0 Å². The minimum Gasteiger partial charge on any atom is -0.472 e. The van der Waals surface area contributed by atoms with Gasteiger partial charge in [-0.2, -0.15) is 0 Å². The van der Waals surface area contributed by atoms with Gasteiger partial charge in [-0.15, -0.1) is 0 Å². The zero-order chi connectivity index (χ0) is 20.6. The van der Waals surface area contributed by atoms with Gasteiger partial charge in [0.05, 0.1) is 31.7 Å². The first-order chi connectivity index (χ1) is 13.3.